The Morgan fingerprint density at radius 1 is 1.14 bits per heavy atom. The molecule has 150 valence electrons. The van der Waals surface area contributed by atoms with Crippen molar-refractivity contribution in [2.45, 2.75) is 37.6 Å². The predicted molar refractivity (Wildman–Crippen MR) is 115 cm³/mol. The Labute approximate surface area is 173 Å². The molecule has 1 heterocycles. The molecule has 0 aliphatic carbocycles. The Bertz CT molecular complexity index is 1090. The van der Waals surface area contributed by atoms with E-state index in [0.717, 1.165) is 22.4 Å². The molecule has 0 radical (unpaired) electrons. The molecule has 29 heavy (non-hydrogen) atoms. The molecule has 1 aromatic heterocycles. The van der Waals surface area contributed by atoms with Gasteiger partial charge in [-0.3, -0.25) is 19.5 Å². The Hall–Kier alpha value is -2.93. The number of rotatable bonds is 7. The lowest BCUT2D eigenvalue weighted by molar-refractivity contribution is -0.384. The minimum absolute atomic E-state index is 0.0236. The molecular weight excluding hydrogens is 386 g/mol. The van der Waals surface area contributed by atoms with Crippen LogP contribution in [0.15, 0.2) is 58.5 Å². The number of nitro groups is 1. The lowest BCUT2D eigenvalue weighted by Crippen LogP contribution is -2.26. The Morgan fingerprint density at radius 3 is 2.48 bits per heavy atom. The molecule has 3 rings (SSSR count). The average molecular weight is 410 g/mol. The van der Waals surface area contributed by atoms with E-state index in [1.807, 2.05) is 32.0 Å². The minimum Gasteiger partial charge on any atom is -0.291 e. The van der Waals surface area contributed by atoms with Crippen LogP contribution < -0.4 is 5.56 Å². The molecule has 2 aromatic carbocycles. The Balaban J connectivity index is 1.84. The maximum absolute atomic E-state index is 13.0. The number of aryl methyl sites for hydroxylation is 2. The van der Waals surface area contributed by atoms with E-state index in [0.29, 0.717) is 23.8 Å². The molecule has 0 aliphatic heterocycles. The zero-order valence-corrected chi connectivity index (χ0v) is 17.5. The summed E-state index contributed by atoms with van der Waals surface area (Å²) in [5.41, 5.74) is 4.81. The SMILES string of the molecule is CCc1nc(SCc2ccc([N+](=O)[O-])cc2)n(C)c(=O)c1Cc1cccc(C)c1. The van der Waals surface area contributed by atoms with Gasteiger partial charge in [0.05, 0.1) is 10.6 Å². The van der Waals surface area contributed by atoms with Crippen LogP contribution in [0.5, 0.6) is 0 Å². The third kappa shape index (κ3) is 4.92. The second-order valence-electron chi connectivity index (χ2n) is 6.92. The van der Waals surface area contributed by atoms with Gasteiger partial charge >= 0.3 is 0 Å². The van der Waals surface area contributed by atoms with Gasteiger partial charge in [-0.25, -0.2) is 4.98 Å². The minimum atomic E-state index is -0.414. The number of non-ortho nitro benzene ring substituents is 1. The quantitative estimate of drug-likeness (QED) is 0.249. The van der Waals surface area contributed by atoms with Gasteiger partial charge in [0, 0.05) is 36.9 Å². The molecule has 0 saturated carbocycles. The third-order valence-corrected chi connectivity index (χ3v) is 5.84. The van der Waals surface area contributed by atoms with Gasteiger partial charge in [-0.15, -0.1) is 0 Å². The molecule has 6 nitrogen and oxygen atoms in total. The molecule has 0 unspecified atom stereocenters. The lowest BCUT2D eigenvalue weighted by atomic mass is 10.0. The number of aromatic nitrogens is 2. The Kier molecular flexibility index (Phi) is 6.49. The topological polar surface area (TPSA) is 78.0 Å². The Morgan fingerprint density at radius 2 is 1.86 bits per heavy atom. The molecule has 0 aliphatic rings. The summed E-state index contributed by atoms with van der Waals surface area (Å²) < 4.78 is 1.60. The summed E-state index contributed by atoms with van der Waals surface area (Å²) in [6.07, 6.45) is 1.25. The van der Waals surface area contributed by atoms with Crippen LogP contribution >= 0.6 is 11.8 Å². The van der Waals surface area contributed by atoms with Gasteiger partial charge in [0.15, 0.2) is 5.16 Å². The number of thioether (sulfide) groups is 1. The van der Waals surface area contributed by atoms with Crippen LogP contribution in [0.25, 0.3) is 0 Å². The molecule has 0 spiro atoms. The average Bonchev–Trinajstić information content (AvgIpc) is 2.71. The zero-order chi connectivity index (χ0) is 21.0. The summed E-state index contributed by atoms with van der Waals surface area (Å²) in [5.74, 6) is 0.582. The van der Waals surface area contributed by atoms with Crippen LogP contribution in [0.1, 0.15) is 34.9 Å². The van der Waals surface area contributed by atoms with E-state index in [4.69, 9.17) is 4.98 Å². The summed E-state index contributed by atoms with van der Waals surface area (Å²) in [6.45, 7) is 4.05. The van der Waals surface area contributed by atoms with Gasteiger partial charge in [0.2, 0.25) is 0 Å². The van der Waals surface area contributed by atoms with Gasteiger partial charge < -0.3 is 0 Å². The van der Waals surface area contributed by atoms with Crippen molar-refractivity contribution in [3.8, 4) is 0 Å². The van der Waals surface area contributed by atoms with Crippen molar-refractivity contribution in [1.82, 2.24) is 9.55 Å². The van der Waals surface area contributed by atoms with E-state index in [9.17, 15) is 14.9 Å². The van der Waals surface area contributed by atoms with Gasteiger partial charge in [-0.2, -0.15) is 0 Å². The van der Waals surface area contributed by atoms with E-state index in [-0.39, 0.29) is 11.2 Å². The molecule has 7 heteroatoms. The van der Waals surface area contributed by atoms with Crippen LogP contribution in [-0.4, -0.2) is 14.5 Å². The first-order chi connectivity index (χ1) is 13.9. The second-order valence-corrected chi connectivity index (χ2v) is 7.86. The fraction of sp³-hybridized carbons (Fsp3) is 0.273. The molecule has 0 bridgehead atoms. The van der Waals surface area contributed by atoms with E-state index < -0.39 is 4.92 Å². The molecule has 0 amide bonds. The molecular formula is C22H23N3O3S. The van der Waals surface area contributed by atoms with Crippen LogP contribution in [-0.2, 0) is 25.6 Å². The van der Waals surface area contributed by atoms with Crippen LogP contribution in [0.2, 0.25) is 0 Å². The van der Waals surface area contributed by atoms with Crippen LogP contribution in [0.4, 0.5) is 5.69 Å². The molecule has 0 saturated heterocycles. The van der Waals surface area contributed by atoms with Crippen molar-refractivity contribution >= 4 is 17.4 Å². The number of hydrogen-bond donors (Lipinski definition) is 0. The standard InChI is InChI=1S/C22H23N3O3S/c1-4-20-19(13-17-7-5-6-15(2)12-17)21(26)24(3)22(23-20)29-14-16-8-10-18(11-9-16)25(27)28/h5-12H,4,13-14H2,1-3H3. The van der Waals surface area contributed by atoms with Crippen molar-refractivity contribution in [2.75, 3.05) is 0 Å². The van der Waals surface area contributed by atoms with E-state index >= 15 is 0 Å². The first-order valence-electron chi connectivity index (χ1n) is 9.39. The summed E-state index contributed by atoms with van der Waals surface area (Å²) in [6, 6.07) is 14.6. The maximum atomic E-state index is 13.0. The normalized spacial score (nSPS) is 10.9. The number of nitro benzene ring substituents is 1. The molecule has 3 aromatic rings. The van der Waals surface area contributed by atoms with E-state index in [1.54, 1.807) is 23.7 Å². The third-order valence-electron chi connectivity index (χ3n) is 4.74. The number of benzene rings is 2. The highest BCUT2D eigenvalue weighted by Gasteiger charge is 2.15. The monoisotopic (exact) mass is 409 g/mol. The summed E-state index contributed by atoms with van der Waals surface area (Å²) in [5, 5.41) is 11.4. The van der Waals surface area contributed by atoms with Crippen molar-refractivity contribution in [3.05, 3.63) is 96.9 Å². The lowest BCUT2D eigenvalue weighted by Gasteiger charge is -2.13. The van der Waals surface area contributed by atoms with Crippen LogP contribution in [0.3, 0.4) is 0 Å². The van der Waals surface area contributed by atoms with Crippen molar-refractivity contribution < 1.29 is 4.92 Å². The first-order valence-corrected chi connectivity index (χ1v) is 10.4. The van der Waals surface area contributed by atoms with Gasteiger partial charge in [-0.05, 0) is 24.5 Å². The smallest absolute Gasteiger partial charge is 0.269 e. The van der Waals surface area contributed by atoms with Crippen molar-refractivity contribution in [2.24, 2.45) is 7.05 Å². The predicted octanol–water partition coefficient (Wildman–Crippen LogP) is 4.44. The van der Waals surface area contributed by atoms with Gasteiger partial charge in [0.25, 0.3) is 11.2 Å². The largest absolute Gasteiger partial charge is 0.291 e. The fourth-order valence-corrected chi connectivity index (χ4v) is 4.10. The summed E-state index contributed by atoms with van der Waals surface area (Å²) in [4.78, 5) is 28.1. The molecule has 0 atom stereocenters. The van der Waals surface area contributed by atoms with Crippen molar-refractivity contribution in [1.29, 1.82) is 0 Å². The highest BCUT2D eigenvalue weighted by molar-refractivity contribution is 7.98. The summed E-state index contributed by atoms with van der Waals surface area (Å²) in [7, 11) is 1.74. The highest BCUT2D eigenvalue weighted by Crippen LogP contribution is 2.23. The maximum Gasteiger partial charge on any atom is 0.269 e. The molecule has 0 N–H and O–H groups in total. The highest BCUT2D eigenvalue weighted by atomic mass is 32.2. The zero-order valence-electron chi connectivity index (χ0n) is 16.7. The summed E-state index contributed by atoms with van der Waals surface area (Å²) >= 11 is 1.46. The first kappa shape index (κ1) is 20.8. The fourth-order valence-electron chi connectivity index (χ4n) is 3.16. The van der Waals surface area contributed by atoms with Crippen molar-refractivity contribution in [3.63, 3.8) is 0 Å². The van der Waals surface area contributed by atoms with E-state index in [1.165, 1.54) is 29.5 Å². The van der Waals surface area contributed by atoms with Gasteiger partial charge in [-0.1, -0.05) is 60.6 Å². The van der Waals surface area contributed by atoms with Gasteiger partial charge in [0.1, 0.15) is 0 Å². The van der Waals surface area contributed by atoms with Crippen LogP contribution in [0, 0.1) is 17.0 Å². The number of hydrogen-bond acceptors (Lipinski definition) is 5. The van der Waals surface area contributed by atoms with E-state index in [2.05, 4.69) is 6.07 Å². The second kappa shape index (κ2) is 9.05. The number of nitrogens with zero attached hydrogens (tertiary/aromatic N) is 3. The molecule has 0 fully saturated rings.